The quantitative estimate of drug-likeness (QED) is 0.0392. The van der Waals surface area contributed by atoms with Gasteiger partial charge in [-0.2, -0.15) is 0 Å². The van der Waals surface area contributed by atoms with Crippen molar-refractivity contribution in [2.75, 3.05) is 13.2 Å². The molecule has 7 nitrogen and oxygen atoms in total. The van der Waals surface area contributed by atoms with Crippen LogP contribution < -0.4 is 51.4 Å². The average molecular weight is 677 g/mol. The van der Waals surface area contributed by atoms with Gasteiger partial charge in [0.25, 0.3) is 0 Å². The zero-order valence-electron chi connectivity index (χ0n) is 28.8. The first-order valence-electron chi connectivity index (χ1n) is 17.6. The van der Waals surface area contributed by atoms with E-state index < -0.39 is 27.3 Å². The van der Waals surface area contributed by atoms with E-state index in [9.17, 15) is 22.6 Å². The number of hydrogen-bond acceptors (Lipinski definition) is 7. The van der Waals surface area contributed by atoms with Crippen LogP contribution in [0.15, 0.2) is 24.3 Å². The van der Waals surface area contributed by atoms with Crippen LogP contribution in [0.1, 0.15) is 182 Å². The van der Waals surface area contributed by atoms with E-state index in [2.05, 4.69) is 6.92 Å². The summed E-state index contributed by atoms with van der Waals surface area (Å²) in [5.74, 6) is -1.34. The number of carbonyl (C=O) groups is 2. The zero-order chi connectivity index (χ0) is 32.3. The molecule has 0 N–H and O–H groups in total. The van der Waals surface area contributed by atoms with E-state index in [1.54, 1.807) is 12.1 Å². The molecule has 45 heavy (non-hydrogen) atoms. The smallest absolute Gasteiger partial charge is 0.748 e. The van der Waals surface area contributed by atoms with E-state index in [1.165, 1.54) is 141 Å². The second-order valence-electron chi connectivity index (χ2n) is 12.3. The number of rotatable bonds is 29. The third-order valence-corrected chi connectivity index (χ3v) is 9.57. The summed E-state index contributed by atoms with van der Waals surface area (Å²) in [6.45, 7) is 3.61. The van der Waals surface area contributed by atoms with Gasteiger partial charge in [-0.05, 0) is 31.9 Å². The Kier molecular flexibility index (Phi) is 29.6. The topological polar surface area (TPSA) is 110 Å². The van der Waals surface area contributed by atoms with Gasteiger partial charge < -0.3 is 14.0 Å². The van der Waals surface area contributed by atoms with Crippen molar-refractivity contribution in [3.05, 3.63) is 35.4 Å². The Morgan fingerprint density at radius 3 is 1.24 bits per heavy atom. The maximum Gasteiger partial charge on any atom is 1.00 e. The number of ether oxygens (including phenoxy) is 2. The van der Waals surface area contributed by atoms with Crippen LogP contribution in [0.25, 0.3) is 0 Å². The molecule has 0 fully saturated rings. The van der Waals surface area contributed by atoms with Gasteiger partial charge in [0.05, 0.1) is 34.5 Å². The van der Waals surface area contributed by atoms with Gasteiger partial charge >= 0.3 is 63.3 Å². The Morgan fingerprint density at radius 2 is 0.911 bits per heavy atom. The van der Waals surface area contributed by atoms with Crippen molar-refractivity contribution < 1.29 is 83.4 Å². The van der Waals surface area contributed by atoms with E-state index in [0.717, 1.165) is 19.3 Å². The molecule has 1 rings (SSSR count). The van der Waals surface area contributed by atoms with Gasteiger partial charge in [0.15, 0.2) is 0 Å². The van der Waals surface area contributed by atoms with Crippen molar-refractivity contribution >= 4 is 22.1 Å². The van der Waals surface area contributed by atoms with E-state index in [4.69, 9.17) is 9.47 Å². The molecular weight excluding hydrogens is 616 g/mol. The molecule has 0 radical (unpaired) electrons. The van der Waals surface area contributed by atoms with Gasteiger partial charge in [-0.15, -0.1) is 0 Å². The first-order chi connectivity index (χ1) is 21.3. The van der Waals surface area contributed by atoms with Crippen molar-refractivity contribution in [1.29, 1.82) is 0 Å². The van der Waals surface area contributed by atoms with Gasteiger partial charge in [0.1, 0.15) is 0 Å². The summed E-state index contributed by atoms with van der Waals surface area (Å²) in [5.41, 5.74) is 0.171. The van der Waals surface area contributed by atoms with Crippen LogP contribution in [0.2, 0.25) is 0 Å². The summed E-state index contributed by atoms with van der Waals surface area (Å²) < 4.78 is 43.4. The summed E-state index contributed by atoms with van der Waals surface area (Å²) in [6.07, 6.45) is 28.9. The number of benzene rings is 1. The summed E-state index contributed by atoms with van der Waals surface area (Å²) in [6, 6.07) is 6.21. The normalized spacial score (nSPS) is 12.0. The molecular formula is C36H61KO7S. The predicted molar refractivity (Wildman–Crippen MR) is 178 cm³/mol. The Morgan fingerprint density at radius 1 is 0.600 bits per heavy atom. The number of carbonyl (C=O) groups excluding carboxylic acids is 2. The fourth-order valence-corrected chi connectivity index (χ4v) is 5.72. The van der Waals surface area contributed by atoms with Gasteiger partial charge in [-0.3, -0.25) is 0 Å². The minimum absolute atomic E-state index is 0. The van der Waals surface area contributed by atoms with Gasteiger partial charge in [-0.25, -0.2) is 18.0 Å². The Balaban J connectivity index is 0.0000194. The second kappa shape index (κ2) is 29.8. The van der Waals surface area contributed by atoms with E-state index in [0.29, 0.717) is 6.61 Å². The van der Waals surface area contributed by atoms with Gasteiger partial charge in [-0.1, -0.05) is 154 Å². The predicted octanol–water partition coefficient (Wildman–Crippen LogP) is 6.93. The molecule has 0 amide bonds. The molecule has 0 aromatic heterocycles. The maximum atomic E-state index is 12.5. The maximum absolute atomic E-state index is 12.5. The van der Waals surface area contributed by atoms with Gasteiger partial charge in [0, 0.05) is 5.25 Å². The second-order valence-corrected chi connectivity index (χ2v) is 14.1. The van der Waals surface area contributed by atoms with E-state index in [1.807, 2.05) is 0 Å². The molecule has 1 aromatic carbocycles. The standard InChI is InChI=1S/C36H62O7S.K/c1-3-4-5-6-7-8-9-10-11-12-13-14-15-16-17-18-19-20-21-22-23-26-30-42-35(37)33-27-24-25-28-34(33)36(38)43-31-29-32(2)44(39,40)41;/h24-25,27-28,32H,3-23,26,29-31H2,1-2H3,(H,39,40,41);/q;+1/p-1. The van der Waals surface area contributed by atoms with Crippen molar-refractivity contribution in [2.24, 2.45) is 0 Å². The average Bonchev–Trinajstić information content (AvgIpc) is 3.00. The molecule has 0 spiro atoms. The summed E-state index contributed by atoms with van der Waals surface area (Å²) in [4.78, 5) is 25.0. The molecule has 0 saturated heterocycles. The summed E-state index contributed by atoms with van der Waals surface area (Å²) in [7, 11) is -4.44. The minimum Gasteiger partial charge on any atom is -0.748 e. The molecule has 0 aliphatic heterocycles. The van der Waals surface area contributed by atoms with Crippen LogP contribution in [0.4, 0.5) is 0 Å². The van der Waals surface area contributed by atoms with Crippen molar-refractivity contribution in [3.8, 4) is 0 Å². The molecule has 9 heteroatoms. The fourth-order valence-electron chi connectivity index (χ4n) is 5.33. The first kappa shape index (κ1) is 44.7. The van der Waals surface area contributed by atoms with Crippen LogP contribution in [0, 0.1) is 0 Å². The largest absolute Gasteiger partial charge is 1.00 e. The summed E-state index contributed by atoms with van der Waals surface area (Å²) in [5, 5.41) is -1.16. The zero-order valence-corrected chi connectivity index (χ0v) is 32.8. The Hall–Kier alpha value is -0.294. The molecule has 0 heterocycles. The number of hydrogen-bond donors (Lipinski definition) is 0. The van der Waals surface area contributed by atoms with Crippen molar-refractivity contribution in [3.63, 3.8) is 0 Å². The summed E-state index contributed by atoms with van der Waals surface area (Å²) >= 11 is 0. The monoisotopic (exact) mass is 676 g/mol. The number of unbranched alkanes of at least 4 members (excludes halogenated alkanes) is 21. The number of esters is 2. The molecule has 1 unspecified atom stereocenters. The van der Waals surface area contributed by atoms with Crippen LogP contribution in [-0.4, -0.2) is 43.4 Å². The Labute approximate surface area is 317 Å². The van der Waals surface area contributed by atoms with Crippen LogP contribution in [0.5, 0.6) is 0 Å². The molecule has 0 aliphatic carbocycles. The van der Waals surface area contributed by atoms with E-state index in [-0.39, 0.29) is 75.5 Å². The third kappa shape index (κ3) is 24.5. The molecule has 1 aromatic rings. The SMILES string of the molecule is CCCCCCCCCCCCCCCCCCCCCCCCOC(=O)c1ccccc1C(=O)OCCC(C)S(=O)(=O)[O-].[K+]. The molecule has 0 aliphatic rings. The minimum atomic E-state index is -4.44. The first-order valence-corrected chi connectivity index (χ1v) is 19.1. The van der Waals surface area contributed by atoms with Crippen LogP contribution in [-0.2, 0) is 19.6 Å². The molecule has 0 saturated carbocycles. The van der Waals surface area contributed by atoms with Crippen molar-refractivity contribution in [1.82, 2.24) is 0 Å². The van der Waals surface area contributed by atoms with Gasteiger partial charge in [0.2, 0.25) is 0 Å². The third-order valence-electron chi connectivity index (χ3n) is 8.35. The molecule has 0 bridgehead atoms. The molecule has 1 atom stereocenters. The van der Waals surface area contributed by atoms with Crippen LogP contribution in [0.3, 0.4) is 0 Å². The fraction of sp³-hybridized carbons (Fsp3) is 0.778. The molecule has 254 valence electrons. The van der Waals surface area contributed by atoms with Crippen molar-refractivity contribution in [2.45, 2.75) is 167 Å². The van der Waals surface area contributed by atoms with Crippen LogP contribution >= 0.6 is 0 Å². The van der Waals surface area contributed by atoms with E-state index >= 15 is 0 Å². The Bertz CT molecular complexity index is 983.